The molecular weight excluding hydrogens is 478 g/mol. The maximum absolute atomic E-state index is 12.8. The van der Waals surface area contributed by atoms with Crippen molar-refractivity contribution in [1.82, 2.24) is 20.1 Å². The molecule has 3 aromatic rings. The molecule has 3 N–H and O–H groups in total. The Hall–Kier alpha value is -4.29. The summed E-state index contributed by atoms with van der Waals surface area (Å²) in [4.78, 5) is 31.6. The van der Waals surface area contributed by atoms with Crippen LogP contribution in [0.4, 0.5) is 11.6 Å². The minimum absolute atomic E-state index is 0.0656. The van der Waals surface area contributed by atoms with Crippen molar-refractivity contribution in [2.24, 2.45) is 0 Å². The van der Waals surface area contributed by atoms with E-state index in [4.69, 9.17) is 5.26 Å². The molecule has 0 bridgehead atoms. The molecule has 2 fully saturated rings. The third kappa shape index (κ3) is 6.15. The molecule has 1 aliphatic heterocycles. The number of hydrogen-bond acceptors (Lipinski definition) is 6. The molecule has 0 spiro atoms. The van der Waals surface area contributed by atoms with E-state index in [-0.39, 0.29) is 23.8 Å². The van der Waals surface area contributed by atoms with Gasteiger partial charge in [0.2, 0.25) is 11.8 Å². The Balaban J connectivity index is 1.16. The number of carbonyl (C=O) groups excluding carboxylic acids is 2. The van der Waals surface area contributed by atoms with Gasteiger partial charge in [-0.15, -0.1) is 0 Å². The summed E-state index contributed by atoms with van der Waals surface area (Å²) in [6.07, 6.45) is 9.19. The Morgan fingerprint density at radius 2 is 2.03 bits per heavy atom. The van der Waals surface area contributed by atoms with Crippen LogP contribution in [0.5, 0.6) is 0 Å². The molecule has 194 valence electrons. The van der Waals surface area contributed by atoms with E-state index in [0.29, 0.717) is 24.1 Å². The molecule has 1 aromatic carbocycles. The van der Waals surface area contributed by atoms with Crippen molar-refractivity contribution < 1.29 is 9.59 Å². The van der Waals surface area contributed by atoms with E-state index < -0.39 is 0 Å². The normalized spacial score (nSPS) is 18.3. The number of nitrogens with zero attached hydrogens (tertiary/aromatic N) is 4. The molecule has 38 heavy (non-hydrogen) atoms. The summed E-state index contributed by atoms with van der Waals surface area (Å²) in [5.74, 6) is 0.810. The van der Waals surface area contributed by atoms with E-state index in [9.17, 15) is 9.59 Å². The third-order valence-electron chi connectivity index (χ3n) is 7.12. The van der Waals surface area contributed by atoms with Gasteiger partial charge in [-0.25, -0.2) is 4.98 Å². The van der Waals surface area contributed by atoms with Crippen molar-refractivity contribution in [2.75, 3.05) is 23.7 Å². The van der Waals surface area contributed by atoms with Gasteiger partial charge in [0.1, 0.15) is 5.82 Å². The van der Waals surface area contributed by atoms with Crippen LogP contribution in [0.2, 0.25) is 0 Å². The lowest BCUT2D eigenvalue weighted by Crippen LogP contribution is -2.28. The van der Waals surface area contributed by atoms with Gasteiger partial charge in [-0.05, 0) is 62.4 Å². The number of anilines is 2. The number of rotatable bonds is 9. The molecule has 2 aliphatic rings. The van der Waals surface area contributed by atoms with Crippen molar-refractivity contribution in [3.05, 3.63) is 72.1 Å². The highest BCUT2D eigenvalue weighted by molar-refractivity contribution is 5.98. The number of amides is 2. The molecule has 2 atom stereocenters. The molecule has 1 saturated carbocycles. The van der Waals surface area contributed by atoms with Crippen LogP contribution < -0.4 is 10.6 Å². The van der Waals surface area contributed by atoms with Gasteiger partial charge >= 0.3 is 0 Å². The summed E-state index contributed by atoms with van der Waals surface area (Å²) in [7, 11) is 0. The minimum atomic E-state index is -0.363. The molecule has 1 saturated heterocycles. The first-order valence-electron chi connectivity index (χ1n) is 13.0. The topological polar surface area (TPSA) is 127 Å². The molecule has 2 amide bonds. The Labute approximate surface area is 222 Å². The quantitative estimate of drug-likeness (QED) is 0.363. The van der Waals surface area contributed by atoms with E-state index in [1.807, 2.05) is 43.3 Å². The molecule has 1 unspecified atom stereocenters. The Kier molecular flexibility index (Phi) is 7.61. The van der Waals surface area contributed by atoms with Crippen LogP contribution in [-0.4, -0.2) is 51.0 Å². The summed E-state index contributed by atoms with van der Waals surface area (Å²) in [6.45, 7) is 3.33. The van der Waals surface area contributed by atoms with Gasteiger partial charge in [-0.3, -0.25) is 19.6 Å². The van der Waals surface area contributed by atoms with E-state index in [1.54, 1.807) is 18.3 Å². The number of pyridine rings is 1. The fraction of sp³-hybridized carbons (Fsp3) is 0.345. The highest BCUT2D eigenvalue weighted by Crippen LogP contribution is 2.39. The van der Waals surface area contributed by atoms with Crippen molar-refractivity contribution in [3.8, 4) is 17.2 Å². The van der Waals surface area contributed by atoms with Crippen LogP contribution in [0, 0.1) is 11.3 Å². The summed E-state index contributed by atoms with van der Waals surface area (Å²) >= 11 is 0. The lowest BCUT2D eigenvalue weighted by Gasteiger charge is -2.15. The van der Waals surface area contributed by atoms with Gasteiger partial charge < -0.3 is 10.6 Å². The number of nitriles is 1. The lowest BCUT2D eigenvalue weighted by atomic mass is 9.96. The van der Waals surface area contributed by atoms with Gasteiger partial charge in [0, 0.05) is 42.1 Å². The van der Waals surface area contributed by atoms with Crippen LogP contribution in [0.3, 0.4) is 0 Å². The molecule has 0 radical (unpaired) electrons. The molecule has 3 heterocycles. The average molecular weight is 510 g/mol. The first-order valence-corrected chi connectivity index (χ1v) is 13.0. The second-order valence-corrected chi connectivity index (χ2v) is 9.92. The van der Waals surface area contributed by atoms with Gasteiger partial charge in [0.05, 0.1) is 18.0 Å². The van der Waals surface area contributed by atoms with Crippen molar-refractivity contribution in [1.29, 1.82) is 5.26 Å². The zero-order chi connectivity index (χ0) is 26.5. The smallest absolute Gasteiger partial charge is 0.249 e. The maximum Gasteiger partial charge on any atom is 0.249 e. The number of aromatic amines is 1. The highest BCUT2D eigenvalue weighted by atomic mass is 16.2. The minimum Gasteiger partial charge on any atom is -0.309 e. The van der Waals surface area contributed by atoms with E-state index in [1.165, 1.54) is 18.9 Å². The fourth-order valence-electron chi connectivity index (χ4n) is 4.67. The van der Waals surface area contributed by atoms with E-state index >= 15 is 0 Å². The van der Waals surface area contributed by atoms with Gasteiger partial charge in [0.15, 0.2) is 5.82 Å². The standard InChI is InChI=1S/C29H31N7O2/c1-19(29(38)33-27-16-25(34-35-27)20-9-10-20)21-5-2-6-22(15-21)23-11-12-26(31-18-23)32-28(37)8-4-14-36-13-3-7-24(36)17-30/h2,4-6,8,11-12,15-16,18-20,24H,3,7,9-10,13-14H2,1H3,(H,31,32,37)(H2,33,34,35,38)/b8-4+/t19-,24?/m0/s1. The number of H-pyrrole nitrogens is 1. The number of carbonyl (C=O) groups is 2. The fourth-order valence-corrected chi connectivity index (χ4v) is 4.67. The SMILES string of the molecule is C[C@H](C(=O)Nc1cc(C2CC2)[nH]n1)c1cccc(-c2ccc(NC(=O)/C=C/CN3CCCC3C#N)nc2)c1. The average Bonchev–Trinajstić information content (AvgIpc) is 3.51. The second-order valence-electron chi connectivity index (χ2n) is 9.92. The first-order chi connectivity index (χ1) is 18.5. The highest BCUT2D eigenvalue weighted by Gasteiger charge is 2.26. The predicted molar refractivity (Wildman–Crippen MR) is 145 cm³/mol. The van der Waals surface area contributed by atoms with E-state index in [2.05, 4.69) is 36.8 Å². The van der Waals surface area contributed by atoms with Crippen molar-refractivity contribution >= 4 is 23.5 Å². The largest absolute Gasteiger partial charge is 0.309 e. The Morgan fingerprint density at radius 1 is 1.16 bits per heavy atom. The molecule has 9 heteroatoms. The van der Waals surface area contributed by atoms with Crippen molar-refractivity contribution in [3.63, 3.8) is 0 Å². The number of hydrogen-bond donors (Lipinski definition) is 3. The van der Waals surface area contributed by atoms with Crippen LogP contribution in [0.15, 0.2) is 60.8 Å². The predicted octanol–water partition coefficient (Wildman–Crippen LogP) is 4.57. The van der Waals surface area contributed by atoms with Crippen LogP contribution in [0.1, 0.15) is 55.7 Å². The summed E-state index contributed by atoms with van der Waals surface area (Å²) in [6, 6.07) is 15.6. The number of nitrogens with one attached hydrogen (secondary N) is 3. The summed E-state index contributed by atoms with van der Waals surface area (Å²) < 4.78 is 0. The second kappa shape index (κ2) is 11.4. The van der Waals surface area contributed by atoms with Gasteiger partial charge in [0.25, 0.3) is 0 Å². The monoisotopic (exact) mass is 509 g/mol. The molecule has 5 rings (SSSR count). The van der Waals surface area contributed by atoms with Crippen LogP contribution in [-0.2, 0) is 9.59 Å². The van der Waals surface area contributed by atoms with Gasteiger partial charge in [-0.2, -0.15) is 10.4 Å². The zero-order valence-corrected chi connectivity index (χ0v) is 21.4. The first kappa shape index (κ1) is 25.4. The summed E-state index contributed by atoms with van der Waals surface area (Å²) in [5.41, 5.74) is 3.78. The third-order valence-corrected chi connectivity index (χ3v) is 7.12. The van der Waals surface area contributed by atoms with Gasteiger partial charge in [-0.1, -0.05) is 30.3 Å². The molecule has 9 nitrogen and oxygen atoms in total. The lowest BCUT2D eigenvalue weighted by molar-refractivity contribution is -0.117. The van der Waals surface area contributed by atoms with Crippen LogP contribution >= 0.6 is 0 Å². The summed E-state index contributed by atoms with van der Waals surface area (Å²) in [5, 5.41) is 22.1. The van der Waals surface area contributed by atoms with E-state index in [0.717, 1.165) is 41.8 Å². The van der Waals surface area contributed by atoms with Crippen LogP contribution in [0.25, 0.3) is 11.1 Å². The number of benzene rings is 1. The Morgan fingerprint density at radius 3 is 2.79 bits per heavy atom. The Bertz CT molecular complexity index is 1370. The molecule has 2 aromatic heterocycles. The molecule has 1 aliphatic carbocycles. The zero-order valence-electron chi connectivity index (χ0n) is 21.4. The molecular formula is C29H31N7O2. The number of likely N-dealkylation sites (tertiary alicyclic amines) is 1. The number of aromatic nitrogens is 3. The maximum atomic E-state index is 12.8. The van der Waals surface area contributed by atoms with Crippen molar-refractivity contribution in [2.45, 2.75) is 50.5 Å².